The average molecular weight is 439 g/mol. The van der Waals surface area contributed by atoms with Crippen LogP contribution in [0, 0.1) is 0 Å². The maximum Gasteiger partial charge on any atom is 0.175 e. The fraction of sp³-hybridized carbons (Fsp3) is 0.278. The first-order valence-corrected chi connectivity index (χ1v) is 12.6. The summed E-state index contributed by atoms with van der Waals surface area (Å²) in [6, 6.07) is 8.13. The molecule has 2 aromatic heterocycles. The molecule has 9 nitrogen and oxygen atoms in total. The molecule has 0 aliphatic rings. The molecular formula is C18H22N4O5S2. The number of fused-ring (bicyclic) bond motifs is 1. The van der Waals surface area contributed by atoms with Crippen LogP contribution in [0.5, 0.6) is 5.75 Å². The van der Waals surface area contributed by atoms with Crippen molar-refractivity contribution >= 4 is 47.9 Å². The quantitative estimate of drug-likeness (QED) is 0.488. The Bertz CT molecular complexity index is 1250. The zero-order valence-electron chi connectivity index (χ0n) is 16.2. The molecule has 3 rings (SSSR count). The van der Waals surface area contributed by atoms with Crippen molar-refractivity contribution in [1.82, 2.24) is 9.97 Å². The molecule has 0 saturated carbocycles. The molecule has 1 aromatic carbocycles. The predicted molar refractivity (Wildman–Crippen MR) is 114 cm³/mol. The van der Waals surface area contributed by atoms with Crippen molar-refractivity contribution in [1.29, 1.82) is 0 Å². The number of benzene rings is 1. The van der Waals surface area contributed by atoms with E-state index >= 15 is 0 Å². The molecule has 0 amide bonds. The summed E-state index contributed by atoms with van der Waals surface area (Å²) in [4.78, 5) is 7.68. The molecule has 0 atom stereocenters. The van der Waals surface area contributed by atoms with Crippen LogP contribution in [0.3, 0.4) is 0 Å². The topological polar surface area (TPSA) is 130 Å². The maximum atomic E-state index is 11.8. The van der Waals surface area contributed by atoms with Gasteiger partial charge in [-0.1, -0.05) is 0 Å². The molecule has 0 saturated heterocycles. The van der Waals surface area contributed by atoms with Gasteiger partial charge in [0.25, 0.3) is 0 Å². The highest BCUT2D eigenvalue weighted by atomic mass is 32.2. The monoisotopic (exact) mass is 438 g/mol. The van der Waals surface area contributed by atoms with Crippen LogP contribution in [0.2, 0.25) is 0 Å². The highest BCUT2D eigenvalue weighted by Crippen LogP contribution is 2.32. The number of aromatic amines is 1. The van der Waals surface area contributed by atoms with Crippen molar-refractivity contribution in [2.75, 3.05) is 42.6 Å². The average Bonchev–Trinajstić information content (AvgIpc) is 3.08. The van der Waals surface area contributed by atoms with Gasteiger partial charge in [0.1, 0.15) is 27.1 Å². The number of pyridine rings is 1. The van der Waals surface area contributed by atoms with Crippen molar-refractivity contribution in [2.24, 2.45) is 0 Å². The third kappa shape index (κ3) is 5.18. The Kier molecular flexibility index (Phi) is 5.71. The van der Waals surface area contributed by atoms with Gasteiger partial charge in [0.15, 0.2) is 9.84 Å². The largest absolute Gasteiger partial charge is 0.495 e. The minimum Gasteiger partial charge on any atom is -0.495 e. The van der Waals surface area contributed by atoms with E-state index in [1.807, 2.05) is 6.07 Å². The first-order valence-electron chi connectivity index (χ1n) is 8.62. The number of aromatic nitrogens is 2. The summed E-state index contributed by atoms with van der Waals surface area (Å²) in [6.45, 7) is 0.259. The second-order valence-electron chi connectivity index (χ2n) is 6.61. The predicted octanol–water partition coefficient (Wildman–Crippen LogP) is 2.18. The summed E-state index contributed by atoms with van der Waals surface area (Å²) in [7, 11) is -5.00. The van der Waals surface area contributed by atoms with Gasteiger partial charge in [-0.3, -0.25) is 0 Å². The fourth-order valence-corrected chi connectivity index (χ4v) is 3.87. The summed E-state index contributed by atoms with van der Waals surface area (Å²) >= 11 is 0. The standard InChI is InChI=1S/C18H22N4O5S2/c1-27-16-10-12(29(3,25)26)4-5-14(16)21-17-11-15(19-8-9-28(2,23)24)13-6-7-20-18(13)22-17/h4-7,10-11H,8-9H2,1-3H3,(H3,19,20,21,22). The van der Waals surface area contributed by atoms with E-state index in [-0.39, 0.29) is 17.2 Å². The lowest BCUT2D eigenvalue weighted by Gasteiger charge is -2.14. The molecule has 11 heteroatoms. The lowest BCUT2D eigenvalue weighted by molar-refractivity contribution is 0.415. The molecule has 3 aromatic rings. The van der Waals surface area contributed by atoms with E-state index < -0.39 is 19.7 Å². The van der Waals surface area contributed by atoms with Gasteiger partial charge in [-0.25, -0.2) is 21.8 Å². The zero-order chi connectivity index (χ0) is 21.2. The van der Waals surface area contributed by atoms with Gasteiger partial charge < -0.3 is 20.4 Å². The summed E-state index contributed by atoms with van der Waals surface area (Å²) in [5, 5.41) is 7.07. The van der Waals surface area contributed by atoms with Gasteiger partial charge in [0, 0.05) is 48.5 Å². The van der Waals surface area contributed by atoms with Gasteiger partial charge >= 0.3 is 0 Å². The molecular weight excluding hydrogens is 416 g/mol. The number of hydrogen-bond donors (Lipinski definition) is 3. The Balaban J connectivity index is 1.92. The molecule has 0 aliphatic carbocycles. The highest BCUT2D eigenvalue weighted by Gasteiger charge is 2.14. The Morgan fingerprint density at radius 3 is 2.48 bits per heavy atom. The molecule has 2 heterocycles. The molecule has 0 radical (unpaired) electrons. The summed E-state index contributed by atoms with van der Waals surface area (Å²) in [5.74, 6) is 0.838. The smallest absolute Gasteiger partial charge is 0.175 e. The number of nitrogens with one attached hydrogen (secondary N) is 3. The summed E-state index contributed by atoms with van der Waals surface area (Å²) in [6.07, 6.45) is 4.06. The second-order valence-corrected chi connectivity index (χ2v) is 10.9. The normalized spacial score (nSPS) is 12.1. The SMILES string of the molecule is COc1cc(S(C)(=O)=O)ccc1Nc1cc(NCCS(C)(=O)=O)c2cc[nH]c2n1. The molecule has 156 valence electrons. The van der Waals surface area contributed by atoms with Crippen LogP contribution < -0.4 is 15.4 Å². The minimum atomic E-state index is -3.36. The van der Waals surface area contributed by atoms with Gasteiger partial charge in [-0.15, -0.1) is 0 Å². The van der Waals surface area contributed by atoms with E-state index in [2.05, 4.69) is 20.6 Å². The van der Waals surface area contributed by atoms with Crippen molar-refractivity contribution in [3.8, 4) is 5.75 Å². The van der Waals surface area contributed by atoms with Crippen LogP contribution in [0.15, 0.2) is 41.4 Å². The van der Waals surface area contributed by atoms with Crippen LogP contribution in [0.4, 0.5) is 17.2 Å². The molecule has 0 spiro atoms. The second kappa shape index (κ2) is 7.91. The lowest BCUT2D eigenvalue weighted by Crippen LogP contribution is -2.14. The minimum absolute atomic E-state index is 0.00474. The number of ether oxygens (including phenoxy) is 1. The number of rotatable bonds is 8. The first kappa shape index (κ1) is 20.9. The third-order valence-corrected chi connectivity index (χ3v) is 6.24. The third-order valence-electron chi connectivity index (χ3n) is 4.18. The number of nitrogens with zero attached hydrogens (tertiary/aromatic N) is 1. The summed E-state index contributed by atoms with van der Waals surface area (Å²) in [5.41, 5.74) is 1.87. The van der Waals surface area contributed by atoms with E-state index in [0.717, 1.165) is 11.6 Å². The van der Waals surface area contributed by atoms with Crippen LogP contribution in [0.1, 0.15) is 0 Å². The molecule has 29 heavy (non-hydrogen) atoms. The number of sulfone groups is 2. The molecule has 3 N–H and O–H groups in total. The van der Waals surface area contributed by atoms with E-state index in [4.69, 9.17) is 4.74 Å². The number of H-pyrrole nitrogens is 1. The van der Waals surface area contributed by atoms with Crippen molar-refractivity contribution < 1.29 is 21.6 Å². The van der Waals surface area contributed by atoms with E-state index in [0.29, 0.717) is 28.6 Å². The molecule has 0 fully saturated rings. The number of anilines is 3. The fourth-order valence-electron chi connectivity index (χ4n) is 2.76. The van der Waals surface area contributed by atoms with Gasteiger partial charge in [0.05, 0.1) is 23.4 Å². The lowest BCUT2D eigenvalue weighted by atomic mass is 10.2. The van der Waals surface area contributed by atoms with Gasteiger partial charge in [-0.05, 0) is 18.2 Å². The Morgan fingerprint density at radius 1 is 1.07 bits per heavy atom. The van der Waals surface area contributed by atoms with E-state index in [1.165, 1.54) is 25.5 Å². The molecule has 0 unspecified atom stereocenters. The van der Waals surface area contributed by atoms with Crippen LogP contribution in [-0.4, -0.2) is 58.7 Å². The Labute approximate surface area is 169 Å². The van der Waals surface area contributed by atoms with Crippen LogP contribution in [-0.2, 0) is 19.7 Å². The van der Waals surface area contributed by atoms with Gasteiger partial charge in [0.2, 0.25) is 0 Å². The molecule has 0 bridgehead atoms. The van der Waals surface area contributed by atoms with Crippen molar-refractivity contribution in [2.45, 2.75) is 4.90 Å². The maximum absolute atomic E-state index is 11.8. The van der Waals surface area contributed by atoms with Crippen LogP contribution in [0.25, 0.3) is 11.0 Å². The highest BCUT2D eigenvalue weighted by molar-refractivity contribution is 7.91. The summed E-state index contributed by atoms with van der Waals surface area (Å²) < 4.78 is 51.6. The van der Waals surface area contributed by atoms with Crippen molar-refractivity contribution in [3.05, 3.63) is 36.5 Å². The number of methoxy groups -OCH3 is 1. The first-order chi connectivity index (χ1) is 13.6. The van der Waals surface area contributed by atoms with Gasteiger partial charge in [-0.2, -0.15) is 0 Å². The molecule has 0 aliphatic heterocycles. The van der Waals surface area contributed by atoms with Crippen molar-refractivity contribution in [3.63, 3.8) is 0 Å². The van der Waals surface area contributed by atoms with E-state index in [9.17, 15) is 16.8 Å². The zero-order valence-corrected chi connectivity index (χ0v) is 17.8. The Hall–Kier alpha value is -2.79. The Morgan fingerprint density at radius 2 is 1.83 bits per heavy atom. The van der Waals surface area contributed by atoms with E-state index in [1.54, 1.807) is 18.3 Å². The number of hydrogen-bond acceptors (Lipinski definition) is 8. The van der Waals surface area contributed by atoms with Crippen LogP contribution >= 0.6 is 0 Å².